The van der Waals surface area contributed by atoms with E-state index < -0.39 is 102 Å². The van der Waals surface area contributed by atoms with E-state index in [1.54, 1.807) is 0 Å². The average molecular weight is 784 g/mol. The lowest BCUT2D eigenvalue weighted by molar-refractivity contribution is -0.499. The highest BCUT2D eigenvalue weighted by Crippen LogP contribution is 2.69. The van der Waals surface area contributed by atoms with E-state index in [2.05, 4.69) is 0 Å². The first-order valence-electron chi connectivity index (χ1n) is 10.1. The maximum Gasteiger partial charge on any atom is 0.460 e. The smallest absolute Gasteiger partial charge is 0.460 e. The molecule has 1 unspecified atom stereocenters. The molecule has 284 valence electrons. The number of hydrogen-bond acceptors (Lipinski definition) is 3. The molecule has 4 nitrogen and oxygen atoms in total. The number of rotatable bonds is 12. The van der Waals surface area contributed by atoms with Gasteiger partial charge >= 0.3 is 89.4 Å². The second-order valence-electron chi connectivity index (χ2n) is 8.44. The molecule has 0 saturated heterocycles. The molecule has 0 aromatic heterocycles. The zero-order chi connectivity index (χ0) is 39.8. The molecule has 0 amide bonds. The van der Waals surface area contributed by atoms with Crippen LogP contribution in [0.5, 0.6) is 0 Å². The van der Waals surface area contributed by atoms with Gasteiger partial charge in [-0.3, -0.25) is 0 Å². The Kier molecular flexibility index (Phi) is 10.7. The SMILES string of the molecule is O=C(O)/C=C/C(=O)OC(C(F)(F)F)(C(F)(F)C(F)(F)F)C(F)(F)C(F)(F)C(F)(F)C(F)(F)C(F)(F)C(F)(F)C(F)(F)C(F)(F)C(F)(F)F. The number of ether oxygens (including phenoxy) is 1. The highest BCUT2D eigenvalue weighted by Gasteiger charge is 3.02. The lowest BCUT2D eigenvalue weighted by atomic mass is 9.78. The van der Waals surface area contributed by atoms with Gasteiger partial charge in [0.25, 0.3) is 0 Å². The minimum atomic E-state index is -10.0. The minimum Gasteiger partial charge on any atom is -0.478 e. The van der Waals surface area contributed by atoms with Gasteiger partial charge in [0, 0.05) is 12.2 Å². The number of hydrogen-bond donors (Lipinski definition) is 1. The molecule has 0 aliphatic carbocycles. The van der Waals surface area contributed by atoms with Crippen molar-refractivity contribution >= 4 is 11.9 Å². The van der Waals surface area contributed by atoms with Gasteiger partial charge in [-0.05, 0) is 0 Å². The van der Waals surface area contributed by atoms with E-state index in [0.717, 1.165) is 0 Å². The summed E-state index contributed by atoms with van der Waals surface area (Å²) < 4.78 is 365. The fourth-order valence-electron chi connectivity index (χ4n) is 2.85. The molecule has 0 bridgehead atoms. The van der Waals surface area contributed by atoms with E-state index in [4.69, 9.17) is 5.11 Å². The lowest BCUT2D eigenvalue weighted by Crippen LogP contribution is -2.83. The van der Waals surface area contributed by atoms with Crippen molar-refractivity contribution in [2.45, 2.75) is 77.4 Å². The summed E-state index contributed by atoms with van der Waals surface area (Å²) in [5, 5.41) is 8.10. The second-order valence-corrected chi connectivity index (χ2v) is 8.44. The Hall–Kier alpha value is -3.21. The van der Waals surface area contributed by atoms with Crippen LogP contribution in [0.2, 0.25) is 0 Å². The van der Waals surface area contributed by atoms with Crippen molar-refractivity contribution in [3.8, 4) is 0 Å². The quantitative estimate of drug-likeness (QED) is 0.123. The third kappa shape index (κ3) is 5.67. The second kappa shape index (κ2) is 11.4. The van der Waals surface area contributed by atoms with Gasteiger partial charge < -0.3 is 9.84 Å². The van der Waals surface area contributed by atoms with Crippen molar-refractivity contribution in [2.24, 2.45) is 0 Å². The standard InChI is InChI=1S/C17H3F27O4/c18-6(19,5(15(36,37)38,7(20,21)16(39,40)41)48-4(47)2-1-3(45)46)8(22,23)9(24,25)10(26,27)11(28,29)12(30,31)13(32,33)14(34,35)17(42,43)44/h1-2H,(H,45,46)/b2-1+. The summed E-state index contributed by atoms with van der Waals surface area (Å²) in [5.41, 5.74) is -9.25. The van der Waals surface area contributed by atoms with E-state index in [1.807, 2.05) is 4.74 Å². The predicted molar refractivity (Wildman–Crippen MR) is 88.3 cm³/mol. The van der Waals surface area contributed by atoms with Crippen molar-refractivity contribution in [1.29, 1.82) is 0 Å². The first-order valence-corrected chi connectivity index (χ1v) is 10.1. The fraction of sp³-hybridized carbons (Fsp3) is 0.765. The van der Waals surface area contributed by atoms with Crippen LogP contribution in [0.4, 0.5) is 119 Å². The Morgan fingerprint density at radius 1 is 0.354 bits per heavy atom. The van der Waals surface area contributed by atoms with E-state index in [0.29, 0.717) is 0 Å². The van der Waals surface area contributed by atoms with Gasteiger partial charge in [0.2, 0.25) is 0 Å². The largest absolute Gasteiger partial charge is 0.478 e. The van der Waals surface area contributed by atoms with Gasteiger partial charge in [-0.25, -0.2) is 9.59 Å². The molecule has 0 aliphatic rings. The summed E-state index contributed by atoms with van der Waals surface area (Å²) in [6, 6.07) is 0. The van der Waals surface area contributed by atoms with Gasteiger partial charge in [-0.1, -0.05) is 0 Å². The van der Waals surface area contributed by atoms with E-state index in [9.17, 15) is 128 Å². The molecule has 0 fully saturated rings. The molecular formula is C17H3F27O4. The fourth-order valence-corrected chi connectivity index (χ4v) is 2.85. The monoisotopic (exact) mass is 784 g/mol. The number of carboxylic acids is 1. The molecule has 31 heteroatoms. The van der Waals surface area contributed by atoms with Crippen molar-refractivity contribution in [2.75, 3.05) is 0 Å². The zero-order valence-corrected chi connectivity index (χ0v) is 20.5. The first kappa shape index (κ1) is 44.8. The van der Waals surface area contributed by atoms with Crippen LogP contribution in [0.1, 0.15) is 0 Å². The number of alkyl halides is 27. The van der Waals surface area contributed by atoms with E-state index >= 15 is 0 Å². The number of carbonyl (C=O) groups is 2. The zero-order valence-electron chi connectivity index (χ0n) is 20.5. The predicted octanol–water partition coefficient (Wildman–Crippen LogP) is 8.31. The number of carbonyl (C=O) groups excluding carboxylic acids is 1. The molecule has 0 rings (SSSR count). The first-order chi connectivity index (χ1) is 20.3. The third-order valence-electron chi connectivity index (χ3n) is 5.37. The normalized spacial score (nSPS) is 17.4. The Bertz CT molecular complexity index is 1250. The van der Waals surface area contributed by atoms with Gasteiger partial charge in [-0.2, -0.15) is 119 Å². The number of esters is 1. The molecule has 48 heavy (non-hydrogen) atoms. The van der Waals surface area contributed by atoms with Gasteiger partial charge in [-0.15, -0.1) is 0 Å². The number of halogens is 27. The van der Waals surface area contributed by atoms with Crippen LogP contribution in [0, 0.1) is 0 Å². The van der Waals surface area contributed by atoms with Crippen LogP contribution < -0.4 is 0 Å². The van der Waals surface area contributed by atoms with Gasteiger partial charge in [0.15, 0.2) is 0 Å². The maximum atomic E-state index is 14.6. The van der Waals surface area contributed by atoms with Crippen LogP contribution in [0.3, 0.4) is 0 Å². The Morgan fingerprint density at radius 2 is 0.604 bits per heavy atom. The van der Waals surface area contributed by atoms with Crippen LogP contribution in [-0.4, -0.2) is 94.5 Å². The molecule has 0 aliphatic heterocycles. The highest BCUT2D eigenvalue weighted by molar-refractivity contribution is 5.91. The number of aliphatic carboxylic acids is 1. The van der Waals surface area contributed by atoms with Crippen LogP contribution in [0.15, 0.2) is 12.2 Å². The molecule has 0 aromatic carbocycles. The maximum absolute atomic E-state index is 14.6. The summed E-state index contributed by atoms with van der Waals surface area (Å²) in [4.78, 5) is 21.4. The van der Waals surface area contributed by atoms with Gasteiger partial charge in [0.1, 0.15) is 0 Å². The Morgan fingerprint density at radius 3 is 0.833 bits per heavy atom. The minimum absolute atomic E-state index is 1.10. The summed E-state index contributed by atoms with van der Waals surface area (Å²) >= 11 is 0. The van der Waals surface area contributed by atoms with Crippen LogP contribution in [-0.2, 0) is 14.3 Å². The molecule has 0 radical (unpaired) electrons. The topological polar surface area (TPSA) is 63.6 Å². The molecule has 0 aromatic rings. The molecule has 1 N–H and O–H groups in total. The van der Waals surface area contributed by atoms with Crippen molar-refractivity contribution in [3.05, 3.63) is 12.2 Å². The van der Waals surface area contributed by atoms with Gasteiger partial charge in [0.05, 0.1) is 0 Å². The third-order valence-corrected chi connectivity index (χ3v) is 5.37. The van der Waals surface area contributed by atoms with Crippen LogP contribution >= 0.6 is 0 Å². The summed E-state index contributed by atoms with van der Waals surface area (Å²) in [7, 11) is 0. The van der Waals surface area contributed by atoms with E-state index in [-0.39, 0.29) is 0 Å². The summed E-state index contributed by atoms with van der Waals surface area (Å²) in [6.07, 6.45) is -28.6. The van der Waals surface area contributed by atoms with Crippen LogP contribution in [0.25, 0.3) is 0 Å². The van der Waals surface area contributed by atoms with Crippen molar-refractivity contribution in [1.82, 2.24) is 0 Å². The van der Waals surface area contributed by atoms with Crippen molar-refractivity contribution in [3.63, 3.8) is 0 Å². The molecule has 0 heterocycles. The Balaban J connectivity index is 8.20. The molecule has 0 spiro atoms. The Labute approximate surface area is 241 Å². The molecular weight excluding hydrogens is 781 g/mol. The van der Waals surface area contributed by atoms with Crippen molar-refractivity contribution < 1.29 is 138 Å². The summed E-state index contributed by atoms with van der Waals surface area (Å²) in [6.45, 7) is 0. The molecule has 0 saturated carbocycles. The lowest BCUT2D eigenvalue weighted by Gasteiger charge is -2.49. The average Bonchev–Trinajstić information content (AvgIpc) is 2.82. The molecule has 1 atom stereocenters. The summed E-state index contributed by atoms with van der Waals surface area (Å²) in [5.74, 6) is -93.5. The highest BCUT2D eigenvalue weighted by atomic mass is 19.4. The number of carboxylic acid groups (broad SMARTS) is 1. The van der Waals surface area contributed by atoms with E-state index in [1.165, 1.54) is 0 Å².